The van der Waals surface area contributed by atoms with Crippen LogP contribution in [0, 0.1) is 5.41 Å². The van der Waals surface area contributed by atoms with E-state index in [1.807, 2.05) is 0 Å². The highest BCUT2D eigenvalue weighted by molar-refractivity contribution is 8.93. The fraction of sp³-hybridized carbons (Fsp3) is 0.444. The molecule has 0 amide bonds. The molecule has 0 aromatic heterocycles. The molecule has 0 bridgehead atoms. The van der Waals surface area contributed by atoms with Gasteiger partial charge in [-0.3, -0.25) is 5.41 Å². The molecule has 0 aliphatic carbocycles. The van der Waals surface area contributed by atoms with E-state index in [1.54, 1.807) is 13.0 Å². The van der Waals surface area contributed by atoms with Gasteiger partial charge in [0.05, 0.1) is 18.9 Å². The monoisotopic (exact) mass is 307 g/mol. The summed E-state index contributed by atoms with van der Waals surface area (Å²) in [4.78, 5) is 11.4. The molecule has 1 N–H and O–H groups in total. The summed E-state index contributed by atoms with van der Waals surface area (Å²) in [5, 5.41) is 13.3. The quantitative estimate of drug-likeness (QED) is 0.633. The molecule has 1 heterocycles. The molecule has 0 aromatic carbocycles. The molecular formula is C9H14BrN3O2S. The van der Waals surface area contributed by atoms with Gasteiger partial charge in [0.2, 0.25) is 0 Å². The van der Waals surface area contributed by atoms with Gasteiger partial charge in [-0.2, -0.15) is 5.10 Å². The highest BCUT2D eigenvalue weighted by Crippen LogP contribution is 2.15. The maximum atomic E-state index is 11.4. The first-order chi connectivity index (χ1) is 7.19. The van der Waals surface area contributed by atoms with Gasteiger partial charge in [-0.15, -0.1) is 23.6 Å². The van der Waals surface area contributed by atoms with Crippen molar-refractivity contribution < 1.29 is 9.53 Å². The minimum Gasteiger partial charge on any atom is -0.461 e. The second-order valence-corrected chi connectivity index (χ2v) is 3.70. The number of carbonyl (C=O) groups excluding carboxylic acids is 1. The maximum absolute atomic E-state index is 11.4. The highest BCUT2D eigenvalue weighted by Gasteiger charge is 2.22. The normalized spacial score (nSPS) is 14.9. The zero-order valence-corrected chi connectivity index (χ0v) is 11.5. The lowest BCUT2D eigenvalue weighted by atomic mass is 10.4. The Morgan fingerprint density at radius 3 is 3.06 bits per heavy atom. The van der Waals surface area contributed by atoms with Gasteiger partial charge < -0.3 is 4.74 Å². The Morgan fingerprint density at radius 1 is 1.81 bits per heavy atom. The van der Waals surface area contributed by atoms with Crippen LogP contribution < -0.4 is 0 Å². The van der Waals surface area contributed by atoms with Crippen LogP contribution in [0.2, 0.25) is 0 Å². The van der Waals surface area contributed by atoms with Gasteiger partial charge in [0, 0.05) is 0 Å². The van der Waals surface area contributed by atoms with Gasteiger partial charge in [-0.1, -0.05) is 17.8 Å². The number of nitrogens with zero attached hydrogens (tertiary/aromatic N) is 2. The van der Waals surface area contributed by atoms with Crippen LogP contribution in [0.5, 0.6) is 0 Å². The number of halogens is 1. The molecule has 1 rings (SSSR count). The Labute approximate surface area is 109 Å². The summed E-state index contributed by atoms with van der Waals surface area (Å²) in [6.07, 6.45) is 1.63. The number of hydrazone groups is 1. The number of amidine groups is 1. The average molecular weight is 308 g/mol. The topological polar surface area (TPSA) is 65.8 Å². The van der Waals surface area contributed by atoms with Crippen LogP contribution in [-0.4, -0.2) is 40.8 Å². The van der Waals surface area contributed by atoms with Crippen LogP contribution in [0.15, 0.2) is 17.8 Å². The molecule has 0 unspecified atom stereocenters. The number of rotatable bonds is 4. The van der Waals surface area contributed by atoms with E-state index in [0.717, 1.165) is 0 Å². The van der Waals surface area contributed by atoms with Crippen molar-refractivity contribution in [2.75, 3.05) is 18.9 Å². The zero-order valence-electron chi connectivity index (χ0n) is 8.93. The van der Waals surface area contributed by atoms with Crippen molar-refractivity contribution in [1.29, 1.82) is 5.41 Å². The smallest absolute Gasteiger partial charge is 0.355 e. The Balaban J connectivity index is 0.00000225. The number of nitrogens with one attached hydrogen (secondary N) is 1. The van der Waals surface area contributed by atoms with E-state index in [4.69, 9.17) is 10.1 Å². The van der Waals surface area contributed by atoms with Crippen LogP contribution in [-0.2, 0) is 9.53 Å². The third-order valence-corrected chi connectivity index (χ3v) is 2.54. The van der Waals surface area contributed by atoms with Crippen molar-refractivity contribution in [3.8, 4) is 0 Å². The number of esters is 1. The third-order valence-electron chi connectivity index (χ3n) is 1.63. The van der Waals surface area contributed by atoms with E-state index < -0.39 is 5.97 Å². The van der Waals surface area contributed by atoms with Crippen LogP contribution in [0.25, 0.3) is 0 Å². The molecular weight excluding hydrogens is 294 g/mol. The zero-order chi connectivity index (χ0) is 11.3. The van der Waals surface area contributed by atoms with Gasteiger partial charge in [0.1, 0.15) is 0 Å². The number of thioether (sulfide) groups is 1. The summed E-state index contributed by atoms with van der Waals surface area (Å²) >= 11 is 1.26. The summed E-state index contributed by atoms with van der Waals surface area (Å²) in [6.45, 7) is 6.07. The Bertz CT molecular complexity index is 320. The van der Waals surface area contributed by atoms with E-state index in [1.165, 1.54) is 16.8 Å². The molecule has 5 nitrogen and oxygen atoms in total. The Hall–Kier alpha value is -0.820. The maximum Gasteiger partial charge on any atom is 0.355 e. The van der Waals surface area contributed by atoms with Crippen LogP contribution in [0.1, 0.15) is 6.92 Å². The van der Waals surface area contributed by atoms with Gasteiger partial charge in [-0.05, 0) is 6.92 Å². The van der Waals surface area contributed by atoms with Gasteiger partial charge in [0.25, 0.3) is 0 Å². The highest BCUT2D eigenvalue weighted by atomic mass is 79.9. The number of hydrogen-bond acceptors (Lipinski definition) is 5. The molecule has 90 valence electrons. The molecule has 0 radical (unpaired) electrons. The Morgan fingerprint density at radius 2 is 2.50 bits per heavy atom. The molecule has 0 atom stereocenters. The van der Waals surface area contributed by atoms with E-state index in [2.05, 4.69) is 11.7 Å². The van der Waals surface area contributed by atoms with Crippen LogP contribution in [0.3, 0.4) is 0 Å². The molecule has 16 heavy (non-hydrogen) atoms. The molecule has 0 saturated heterocycles. The second-order valence-electron chi connectivity index (χ2n) is 2.73. The molecule has 0 spiro atoms. The minimum absolute atomic E-state index is 0. The third kappa shape index (κ3) is 3.97. The van der Waals surface area contributed by atoms with Gasteiger partial charge >= 0.3 is 5.97 Å². The van der Waals surface area contributed by atoms with Gasteiger partial charge in [0.15, 0.2) is 10.9 Å². The van der Waals surface area contributed by atoms with Gasteiger partial charge in [-0.25, -0.2) is 9.80 Å². The van der Waals surface area contributed by atoms with E-state index >= 15 is 0 Å². The van der Waals surface area contributed by atoms with E-state index in [9.17, 15) is 4.79 Å². The molecule has 1 aliphatic heterocycles. The number of carbonyl (C=O) groups is 1. The van der Waals surface area contributed by atoms with Crippen molar-refractivity contribution in [3.05, 3.63) is 12.7 Å². The lowest BCUT2D eigenvalue weighted by molar-refractivity contribution is -0.135. The first-order valence-corrected chi connectivity index (χ1v) is 5.52. The second kappa shape index (κ2) is 7.45. The lowest BCUT2D eigenvalue weighted by Gasteiger charge is -2.22. The Kier molecular flexibility index (Phi) is 7.07. The first-order valence-electron chi connectivity index (χ1n) is 4.53. The van der Waals surface area contributed by atoms with Crippen molar-refractivity contribution in [1.82, 2.24) is 5.01 Å². The SMILES string of the molecule is Br.C=CCN1N=C(C(=O)OCC)CSC1=N. The van der Waals surface area contributed by atoms with Crippen molar-refractivity contribution in [3.63, 3.8) is 0 Å². The first kappa shape index (κ1) is 15.2. The average Bonchev–Trinajstić information content (AvgIpc) is 2.22. The summed E-state index contributed by atoms with van der Waals surface area (Å²) in [5.74, 6) is -0.0164. The molecule has 1 aliphatic rings. The van der Waals surface area contributed by atoms with Crippen LogP contribution in [0.4, 0.5) is 0 Å². The fourth-order valence-corrected chi connectivity index (χ4v) is 1.70. The van der Waals surface area contributed by atoms with E-state index in [-0.39, 0.29) is 17.0 Å². The largest absolute Gasteiger partial charge is 0.461 e. The van der Waals surface area contributed by atoms with E-state index in [0.29, 0.717) is 29.8 Å². The number of ether oxygens (including phenoxy) is 1. The summed E-state index contributed by atoms with van der Waals surface area (Å²) in [7, 11) is 0. The van der Waals surface area contributed by atoms with Crippen molar-refractivity contribution in [2.24, 2.45) is 5.10 Å². The molecule has 0 fully saturated rings. The molecule has 7 heteroatoms. The summed E-state index contributed by atoms with van der Waals surface area (Å²) in [5.41, 5.74) is 0.347. The standard InChI is InChI=1S/C9H13N3O2S.BrH/c1-3-5-12-9(10)15-6-7(11-12)8(13)14-4-2;/h3,10H,1,4-6H2,2H3;1H. The molecule has 0 saturated carbocycles. The summed E-state index contributed by atoms with van der Waals surface area (Å²) in [6, 6.07) is 0. The van der Waals surface area contributed by atoms with Crippen molar-refractivity contribution in [2.45, 2.75) is 6.92 Å². The predicted octanol–water partition coefficient (Wildman–Crippen LogP) is 1.65. The minimum atomic E-state index is -0.411. The summed E-state index contributed by atoms with van der Waals surface area (Å²) < 4.78 is 4.84. The molecule has 0 aromatic rings. The van der Waals surface area contributed by atoms with Crippen molar-refractivity contribution >= 4 is 45.6 Å². The lowest BCUT2D eigenvalue weighted by Crippen LogP contribution is -2.34. The number of hydrogen-bond donors (Lipinski definition) is 1. The fourth-order valence-electron chi connectivity index (χ4n) is 0.991. The predicted molar refractivity (Wildman–Crippen MR) is 71.5 cm³/mol. The van der Waals surface area contributed by atoms with Crippen LogP contribution >= 0.6 is 28.7 Å².